The largest absolute Gasteiger partial charge is 0.483 e. The molecule has 0 fully saturated rings. The molecule has 112 valence electrons. The van der Waals surface area contributed by atoms with Gasteiger partial charge in [-0.15, -0.1) is 0 Å². The van der Waals surface area contributed by atoms with Crippen LogP contribution >= 0.6 is 0 Å². The van der Waals surface area contributed by atoms with Crippen LogP contribution in [0.2, 0.25) is 0 Å². The monoisotopic (exact) mass is 281 g/mol. The van der Waals surface area contributed by atoms with Crippen LogP contribution in [-0.4, -0.2) is 37.9 Å². The fourth-order valence-corrected chi connectivity index (χ4v) is 1.75. The van der Waals surface area contributed by atoms with Crippen LogP contribution in [0.5, 0.6) is 5.75 Å². The number of nitrogens with one attached hydrogen (secondary N) is 1. The molecule has 5 heteroatoms. The molecule has 0 aliphatic carbocycles. The third kappa shape index (κ3) is 5.59. The van der Waals surface area contributed by atoms with E-state index in [0.29, 0.717) is 24.5 Å². The molecule has 1 aromatic rings. The lowest BCUT2D eigenvalue weighted by Gasteiger charge is -2.14. The van der Waals surface area contributed by atoms with Crippen molar-refractivity contribution in [1.29, 1.82) is 0 Å². The number of aliphatic hydroxyl groups excluding tert-OH is 1. The minimum absolute atomic E-state index is 0.0594. The highest BCUT2D eigenvalue weighted by molar-refractivity contribution is 5.77. The molecule has 0 aliphatic heterocycles. The van der Waals surface area contributed by atoms with E-state index in [1.165, 1.54) is 0 Å². The zero-order chi connectivity index (χ0) is 15.0. The van der Waals surface area contributed by atoms with Crippen molar-refractivity contribution in [2.45, 2.75) is 26.4 Å². The van der Waals surface area contributed by atoms with Crippen molar-refractivity contribution in [1.82, 2.24) is 5.32 Å². The third-order valence-electron chi connectivity index (χ3n) is 2.83. The Balaban J connectivity index is 2.48. The smallest absolute Gasteiger partial charge is 0.257 e. The van der Waals surface area contributed by atoms with Gasteiger partial charge in [-0.05, 0) is 31.9 Å². The number of ether oxygens (including phenoxy) is 2. The van der Waals surface area contributed by atoms with E-state index >= 15 is 0 Å². The van der Waals surface area contributed by atoms with Crippen LogP contribution < -0.4 is 10.1 Å². The number of methoxy groups -OCH3 is 1. The van der Waals surface area contributed by atoms with Gasteiger partial charge in [0.1, 0.15) is 5.75 Å². The van der Waals surface area contributed by atoms with Crippen molar-refractivity contribution in [2.24, 2.45) is 0 Å². The second kappa shape index (κ2) is 8.55. The summed E-state index contributed by atoms with van der Waals surface area (Å²) in [5, 5.41) is 12.4. The van der Waals surface area contributed by atoms with Crippen LogP contribution in [0.25, 0.3) is 0 Å². The van der Waals surface area contributed by atoms with E-state index in [0.717, 1.165) is 12.0 Å². The van der Waals surface area contributed by atoms with Gasteiger partial charge in [-0.25, -0.2) is 0 Å². The Labute approximate surface area is 119 Å². The Morgan fingerprint density at radius 1 is 1.45 bits per heavy atom. The molecule has 0 aliphatic rings. The van der Waals surface area contributed by atoms with Gasteiger partial charge in [-0.1, -0.05) is 12.1 Å². The summed E-state index contributed by atoms with van der Waals surface area (Å²) < 4.78 is 10.4. The molecule has 0 unspecified atom stereocenters. The summed E-state index contributed by atoms with van der Waals surface area (Å²) in [5.41, 5.74) is 1.70. The van der Waals surface area contributed by atoms with Gasteiger partial charge in [0.25, 0.3) is 5.91 Å². The fraction of sp³-hybridized carbons (Fsp3) is 0.533. The van der Waals surface area contributed by atoms with Crippen molar-refractivity contribution < 1.29 is 19.4 Å². The van der Waals surface area contributed by atoms with E-state index in [-0.39, 0.29) is 12.5 Å². The van der Waals surface area contributed by atoms with Crippen molar-refractivity contribution >= 4 is 5.91 Å². The summed E-state index contributed by atoms with van der Waals surface area (Å²) in [6, 6.07) is 5.53. The lowest BCUT2D eigenvalue weighted by atomic mass is 10.1. The Morgan fingerprint density at radius 2 is 2.20 bits per heavy atom. The Morgan fingerprint density at radius 3 is 2.85 bits per heavy atom. The Hall–Kier alpha value is -1.59. The quantitative estimate of drug-likeness (QED) is 0.710. The van der Waals surface area contributed by atoms with Crippen LogP contribution in [0.4, 0.5) is 0 Å². The number of benzene rings is 1. The molecular weight excluding hydrogens is 258 g/mol. The van der Waals surface area contributed by atoms with Crippen LogP contribution in [0.3, 0.4) is 0 Å². The van der Waals surface area contributed by atoms with Gasteiger partial charge in [0.2, 0.25) is 0 Å². The lowest BCUT2D eigenvalue weighted by Crippen LogP contribution is -2.30. The molecule has 20 heavy (non-hydrogen) atoms. The maximum Gasteiger partial charge on any atom is 0.257 e. The molecule has 1 atom stereocenters. The summed E-state index contributed by atoms with van der Waals surface area (Å²) in [6.45, 7) is 4.72. The predicted octanol–water partition coefficient (Wildman–Crippen LogP) is 1.58. The number of rotatable bonds is 8. The zero-order valence-electron chi connectivity index (χ0n) is 12.3. The molecule has 0 saturated heterocycles. The molecule has 0 radical (unpaired) electrons. The number of aliphatic hydroxyl groups is 1. The standard InChI is InChI=1S/C15H23NO4/c1-11-5-6-13(12(2)17)14(9-11)20-10-15(18)16-7-4-8-19-3/h5-6,9,12,17H,4,7-8,10H2,1-3H3,(H,16,18)/t12-/m0/s1. The van der Waals surface area contributed by atoms with Gasteiger partial charge in [-0.3, -0.25) is 4.79 Å². The minimum atomic E-state index is -0.629. The molecule has 0 heterocycles. The van der Waals surface area contributed by atoms with Crippen molar-refractivity contribution in [2.75, 3.05) is 26.9 Å². The van der Waals surface area contributed by atoms with Crippen LogP contribution in [0, 0.1) is 6.92 Å². The van der Waals surface area contributed by atoms with Gasteiger partial charge in [0.15, 0.2) is 6.61 Å². The Kier molecular flexibility index (Phi) is 7.04. The average molecular weight is 281 g/mol. The van der Waals surface area contributed by atoms with Crippen LogP contribution in [0.15, 0.2) is 18.2 Å². The Bertz CT molecular complexity index is 432. The van der Waals surface area contributed by atoms with Crippen LogP contribution in [-0.2, 0) is 9.53 Å². The fourth-order valence-electron chi connectivity index (χ4n) is 1.75. The molecule has 5 nitrogen and oxygen atoms in total. The number of carbonyl (C=O) groups is 1. The highest BCUT2D eigenvalue weighted by Crippen LogP contribution is 2.26. The lowest BCUT2D eigenvalue weighted by molar-refractivity contribution is -0.123. The van der Waals surface area contributed by atoms with Crippen molar-refractivity contribution in [3.05, 3.63) is 29.3 Å². The molecule has 0 aromatic heterocycles. The first-order chi connectivity index (χ1) is 9.54. The predicted molar refractivity (Wildman–Crippen MR) is 76.8 cm³/mol. The van der Waals surface area contributed by atoms with E-state index in [1.54, 1.807) is 14.0 Å². The van der Waals surface area contributed by atoms with E-state index in [4.69, 9.17) is 9.47 Å². The van der Waals surface area contributed by atoms with Crippen LogP contribution in [0.1, 0.15) is 30.6 Å². The van der Waals surface area contributed by atoms with E-state index in [2.05, 4.69) is 5.32 Å². The molecule has 0 spiro atoms. The van der Waals surface area contributed by atoms with E-state index in [9.17, 15) is 9.90 Å². The summed E-state index contributed by atoms with van der Waals surface area (Å²) in [6.07, 6.45) is 0.140. The number of hydrogen-bond acceptors (Lipinski definition) is 4. The summed E-state index contributed by atoms with van der Waals surface area (Å²) >= 11 is 0. The highest BCUT2D eigenvalue weighted by Gasteiger charge is 2.11. The summed E-state index contributed by atoms with van der Waals surface area (Å²) in [5.74, 6) is 0.367. The summed E-state index contributed by atoms with van der Waals surface area (Å²) in [7, 11) is 1.63. The first kappa shape index (κ1) is 16.5. The normalized spacial score (nSPS) is 12.0. The van der Waals surface area contributed by atoms with Gasteiger partial charge >= 0.3 is 0 Å². The molecule has 2 N–H and O–H groups in total. The summed E-state index contributed by atoms with van der Waals surface area (Å²) in [4.78, 5) is 11.6. The van der Waals surface area contributed by atoms with Gasteiger partial charge in [0, 0.05) is 25.8 Å². The molecule has 1 aromatic carbocycles. The SMILES string of the molecule is COCCCNC(=O)COc1cc(C)ccc1[C@H](C)O. The maximum absolute atomic E-state index is 11.6. The topological polar surface area (TPSA) is 67.8 Å². The first-order valence-corrected chi connectivity index (χ1v) is 6.71. The second-order valence-corrected chi connectivity index (χ2v) is 4.70. The molecule has 0 bridgehead atoms. The van der Waals surface area contributed by atoms with Crippen molar-refractivity contribution in [3.8, 4) is 5.75 Å². The second-order valence-electron chi connectivity index (χ2n) is 4.70. The molecule has 1 amide bonds. The minimum Gasteiger partial charge on any atom is -0.483 e. The third-order valence-corrected chi connectivity index (χ3v) is 2.83. The number of aryl methyl sites for hydroxylation is 1. The zero-order valence-corrected chi connectivity index (χ0v) is 12.3. The van der Waals surface area contributed by atoms with Crippen molar-refractivity contribution in [3.63, 3.8) is 0 Å². The van der Waals surface area contributed by atoms with Gasteiger partial charge in [-0.2, -0.15) is 0 Å². The first-order valence-electron chi connectivity index (χ1n) is 6.71. The molecule has 0 saturated carbocycles. The average Bonchev–Trinajstić information content (AvgIpc) is 2.41. The number of amides is 1. The molecular formula is C15H23NO4. The maximum atomic E-state index is 11.6. The number of carbonyl (C=O) groups excluding carboxylic acids is 1. The van der Waals surface area contributed by atoms with Gasteiger partial charge < -0.3 is 19.9 Å². The highest BCUT2D eigenvalue weighted by atomic mass is 16.5. The van der Waals surface area contributed by atoms with Gasteiger partial charge in [0.05, 0.1) is 6.10 Å². The van der Waals surface area contributed by atoms with E-state index in [1.807, 2.05) is 25.1 Å². The number of hydrogen-bond donors (Lipinski definition) is 2. The molecule has 1 rings (SSSR count). The van der Waals surface area contributed by atoms with E-state index < -0.39 is 6.10 Å².